The standard InChI is InChI=1S/C18H18F3N3O2/c1-10-6-7-16(25)11(8-10)14-9-15(24-23-14)17(26)22-13-5-3-2-4-12(13)18(19,20)21/h2-8,14-15,23-25H,9H2,1H3,(H,22,26). The number of anilines is 1. The lowest BCUT2D eigenvalue weighted by Crippen LogP contribution is -2.39. The van der Waals surface area contributed by atoms with Crippen LogP contribution < -0.4 is 16.2 Å². The van der Waals surface area contributed by atoms with E-state index in [9.17, 15) is 23.1 Å². The predicted octanol–water partition coefficient (Wildman–Crippen LogP) is 3.27. The van der Waals surface area contributed by atoms with E-state index in [0.717, 1.165) is 11.6 Å². The van der Waals surface area contributed by atoms with Gasteiger partial charge in [0.1, 0.15) is 11.8 Å². The van der Waals surface area contributed by atoms with Crippen molar-refractivity contribution in [3.8, 4) is 5.75 Å². The highest BCUT2D eigenvalue weighted by Crippen LogP contribution is 2.35. The van der Waals surface area contributed by atoms with Gasteiger partial charge in [0.15, 0.2) is 0 Å². The Morgan fingerprint density at radius 2 is 1.92 bits per heavy atom. The quantitative estimate of drug-likeness (QED) is 0.674. The lowest BCUT2D eigenvalue weighted by molar-refractivity contribution is -0.137. The zero-order chi connectivity index (χ0) is 18.9. The van der Waals surface area contributed by atoms with Gasteiger partial charge >= 0.3 is 6.18 Å². The first kappa shape index (κ1) is 18.2. The number of halogens is 3. The number of rotatable bonds is 3. The normalized spacial score (nSPS) is 20.2. The van der Waals surface area contributed by atoms with E-state index in [1.165, 1.54) is 18.2 Å². The second kappa shape index (κ2) is 6.97. The molecular weight excluding hydrogens is 347 g/mol. The molecule has 2 aromatic rings. The van der Waals surface area contributed by atoms with Gasteiger partial charge in [-0.1, -0.05) is 29.8 Å². The SMILES string of the molecule is Cc1ccc(O)c(C2CC(C(=O)Nc3ccccc3C(F)(F)F)NN2)c1. The summed E-state index contributed by atoms with van der Waals surface area (Å²) in [4.78, 5) is 12.4. The number of alkyl halides is 3. The van der Waals surface area contributed by atoms with Gasteiger partial charge in [0, 0.05) is 5.56 Å². The molecule has 0 radical (unpaired) electrons. The van der Waals surface area contributed by atoms with Crippen LogP contribution in [0.4, 0.5) is 18.9 Å². The van der Waals surface area contributed by atoms with Crippen molar-refractivity contribution in [1.82, 2.24) is 10.9 Å². The number of amides is 1. The van der Waals surface area contributed by atoms with E-state index < -0.39 is 23.7 Å². The number of hydrazine groups is 1. The van der Waals surface area contributed by atoms with Gasteiger partial charge in [-0.2, -0.15) is 13.2 Å². The molecule has 1 aliphatic heterocycles. The molecule has 8 heteroatoms. The lowest BCUT2D eigenvalue weighted by atomic mass is 9.99. The zero-order valence-electron chi connectivity index (χ0n) is 13.9. The van der Waals surface area contributed by atoms with Gasteiger partial charge in [0.25, 0.3) is 0 Å². The van der Waals surface area contributed by atoms with Crippen molar-refractivity contribution in [2.24, 2.45) is 0 Å². The monoisotopic (exact) mass is 365 g/mol. The Kier molecular flexibility index (Phi) is 4.88. The third-order valence-corrected chi connectivity index (χ3v) is 4.27. The minimum atomic E-state index is -4.55. The number of para-hydroxylation sites is 1. The summed E-state index contributed by atoms with van der Waals surface area (Å²) in [6, 6.07) is 8.90. The summed E-state index contributed by atoms with van der Waals surface area (Å²) in [5.74, 6) is -0.484. The number of aryl methyl sites for hydroxylation is 1. The third kappa shape index (κ3) is 3.81. The molecule has 1 aliphatic rings. The van der Waals surface area contributed by atoms with Crippen molar-refractivity contribution >= 4 is 11.6 Å². The van der Waals surface area contributed by atoms with Crippen LogP contribution in [-0.4, -0.2) is 17.1 Å². The van der Waals surface area contributed by atoms with Gasteiger partial charge < -0.3 is 10.4 Å². The summed E-state index contributed by atoms with van der Waals surface area (Å²) >= 11 is 0. The number of aromatic hydroxyl groups is 1. The Morgan fingerprint density at radius 3 is 2.65 bits per heavy atom. The molecule has 1 saturated heterocycles. The van der Waals surface area contributed by atoms with E-state index in [1.807, 2.05) is 6.92 Å². The smallest absolute Gasteiger partial charge is 0.418 e. The van der Waals surface area contributed by atoms with Gasteiger partial charge in [-0.05, 0) is 31.5 Å². The van der Waals surface area contributed by atoms with Gasteiger partial charge in [0.05, 0.1) is 17.3 Å². The van der Waals surface area contributed by atoms with Gasteiger partial charge in [-0.15, -0.1) is 0 Å². The molecule has 0 aliphatic carbocycles. The fraction of sp³-hybridized carbons (Fsp3) is 0.278. The van der Waals surface area contributed by atoms with Crippen molar-refractivity contribution < 1.29 is 23.1 Å². The zero-order valence-corrected chi connectivity index (χ0v) is 13.9. The fourth-order valence-corrected chi connectivity index (χ4v) is 2.94. The average molecular weight is 365 g/mol. The molecule has 1 amide bonds. The van der Waals surface area contributed by atoms with Crippen LogP contribution in [0.2, 0.25) is 0 Å². The Labute approximate surface area is 148 Å². The molecule has 0 bridgehead atoms. The van der Waals surface area contributed by atoms with Crippen LogP contribution in [0.25, 0.3) is 0 Å². The Bertz CT molecular complexity index is 824. The highest BCUT2D eigenvalue weighted by Gasteiger charge is 2.35. The van der Waals surface area contributed by atoms with Crippen LogP contribution in [-0.2, 0) is 11.0 Å². The Morgan fingerprint density at radius 1 is 1.19 bits per heavy atom. The maximum atomic E-state index is 13.0. The van der Waals surface area contributed by atoms with Gasteiger partial charge in [-0.25, -0.2) is 10.9 Å². The average Bonchev–Trinajstić information content (AvgIpc) is 3.06. The van der Waals surface area contributed by atoms with Crippen molar-refractivity contribution in [2.75, 3.05) is 5.32 Å². The molecule has 0 saturated carbocycles. The largest absolute Gasteiger partial charge is 0.508 e. The molecule has 0 spiro atoms. The number of nitrogens with one attached hydrogen (secondary N) is 3. The molecule has 5 nitrogen and oxygen atoms in total. The third-order valence-electron chi connectivity index (χ3n) is 4.27. The van der Waals surface area contributed by atoms with Crippen molar-refractivity contribution in [3.05, 3.63) is 59.2 Å². The topological polar surface area (TPSA) is 73.4 Å². The molecule has 0 aromatic heterocycles. The number of carbonyl (C=O) groups is 1. The summed E-state index contributed by atoms with van der Waals surface area (Å²) in [6.07, 6.45) is -4.27. The van der Waals surface area contributed by atoms with E-state index in [2.05, 4.69) is 16.2 Å². The maximum absolute atomic E-state index is 13.0. The predicted molar refractivity (Wildman–Crippen MR) is 90.3 cm³/mol. The minimum absolute atomic E-state index is 0.0957. The number of phenolic OH excluding ortho intramolecular Hbond substituents is 1. The second-order valence-electron chi connectivity index (χ2n) is 6.22. The van der Waals surface area contributed by atoms with Gasteiger partial charge in [0.2, 0.25) is 5.91 Å². The first-order chi connectivity index (χ1) is 12.3. The summed E-state index contributed by atoms with van der Waals surface area (Å²) in [7, 11) is 0. The molecular formula is C18H18F3N3O2. The van der Waals surface area contributed by atoms with Crippen LogP contribution in [0.3, 0.4) is 0 Å². The molecule has 3 rings (SSSR count). The molecule has 1 heterocycles. The molecule has 2 atom stereocenters. The summed E-state index contributed by atoms with van der Waals surface area (Å²) in [6.45, 7) is 1.88. The summed E-state index contributed by atoms with van der Waals surface area (Å²) in [5.41, 5.74) is 6.08. The van der Waals surface area contributed by atoms with E-state index in [0.29, 0.717) is 5.56 Å². The van der Waals surface area contributed by atoms with Crippen LogP contribution in [0.1, 0.15) is 29.2 Å². The van der Waals surface area contributed by atoms with Crippen molar-refractivity contribution in [2.45, 2.75) is 31.6 Å². The maximum Gasteiger partial charge on any atom is 0.418 e. The lowest BCUT2D eigenvalue weighted by Gasteiger charge is -2.15. The first-order valence-electron chi connectivity index (χ1n) is 8.03. The van der Waals surface area contributed by atoms with Crippen LogP contribution in [0.5, 0.6) is 5.75 Å². The molecule has 2 unspecified atom stereocenters. The van der Waals surface area contributed by atoms with E-state index in [1.54, 1.807) is 18.2 Å². The minimum Gasteiger partial charge on any atom is -0.508 e. The summed E-state index contributed by atoms with van der Waals surface area (Å²) in [5, 5.41) is 12.3. The van der Waals surface area contributed by atoms with Crippen molar-refractivity contribution in [3.63, 3.8) is 0 Å². The van der Waals surface area contributed by atoms with Crippen LogP contribution in [0.15, 0.2) is 42.5 Å². The highest BCUT2D eigenvalue weighted by molar-refractivity contribution is 5.95. The number of phenols is 1. The number of hydrogen-bond acceptors (Lipinski definition) is 4. The fourth-order valence-electron chi connectivity index (χ4n) is 2.94. The molecule has 2 aromatic carbocycles. The molecule has 138 valence electrons. The van der Waals surface area contributed by atoms with Gasteiger partial charge in [-0.3, -0.25) is 4.79 Å². The number of hydrogen-bond donors (Lipinski definition) is 4. The van der Waals surface area contributed by atoms with Crippen LogP contribution >= 0.6 is 0 Å². The second-order valence-corrected chi connectivity index (χ2v) is 6.22. The van der Waals surface area contributed by atoms with E-state index >= 15 is 0 Å². The number of benzene rings is 2. The first-order valence-corrected chi connectivity index (χ1v) is 8.03. The van der Waals surface area contributed by atoms with E-state index in [4.69, 9.17) is 0 Å². The van der Waals surface area contributed by atoms with E-state index in [-0.39, 0.29) is 23.9 Å². The Hall–Kier alpha value is -2.58. The molecule has 26 heavy (non-hydrogen) atoms. The summed E-state index contributed by atoms with van der Waals surface area (Å²) < 4.78 is 39.1. The van der Waals surface area contributed by atoms with Crippen LogP contribution in [0, 0.1) is 6.92 Å². The molecule has 1 fully saturated rings. The highest BCUT2D eigenvalue weighted by atomic mass is 19.4. The Balaban J connectivity index is 1.72. The number of carbonyl (C=O) groups excluding carboxylic acids is 1. The molecule has 4 N–H and O–H groups in total. The van der Waals surface area contributed by atoms with Crippen molar-refractivity contribution in [1.29, 1.82) is 0 Å².